The molecular formula is C20H22N2O4. The number of hydrogen-bond donors (Lipinski definition) is 0. The molecule has 0 N–H and O–H groups in total. The lowest BCUT2D eigenvalue weighted by Crippen LogP contribution is -2.04. The van der Waals surface area contributed by atoms with Crippen molar-refractivity contribution in [1.29, 1.82) is 0 Å². The van der Waals surface area contributed by atoms with Crippen molar-refractivity contribution >= 4 is 11.4 Å². The highest BCUT2D eigenvalue weighted by Gasteiger charge is 2.20. The molecule has 0 atom stereocenters. The van der Waals surface area contributed by atoms with Crippen molar-refractivity contribution in [3.05, 3.63) is 53.5 Å². The molecule has 2 heterocycles. The highest BCUT2D eigenvalue weighted by molar-refractivity contribution is 6.08. The zero-order valence-corrected chi connectivity index (χ0v) is 15.6. The fourth-order valence-corrected chi connectivity index (χ4v) is 2.97. The number of pyridine rings is 1. The van der Waals surface area contributed by atoms with Crippen LogP contribution in [-0.4, -0.2) is 36.5 Å². The number of aromatic nitrogens is 2. The van der Waals surface area contributed by atoms with Gasteiger partial charge in [-0.25, -0.2) is 4.98 Å². The maximum Gasteiger partial charge on any atom is 0.213 e. The molecule has 3 aromatic rings. The van der Waals surface area contributed by atoms with Crippen LogP contribution in [0.3, 0.4) is 0 Å². The molecule has 0 amide bonds. The maximum atomic E-state index is 13.0. The molecule has 0 saturated carbocycles. The molecular weight excluding hydrogens is 332 g/mol. The molecule has 0 bridgehead atoms. The molecule has 0 fully saturated rings. The minimum atomic E-state index is -0.206. The van der Waals surface area contributed by atoms with Crippen molar-refractivity contribution in [2.24, 2.45) is 0 Å². The summed E-state index contributed by atoms with van der Waals surface area (Å²) in [5.74, 6) is 1.42. The Morgan fingerprint density at radius 3 is 2.23 bits per heavy atom. The van der Waals surface area contributed by atoms with E-state index >= 15 is 0 Å². The van der Waals surface area contributed by atoms with Crippen LogP contribution in [0, 0.1) is 0 Å². The number of benzene rings is 1. The molecule has 6 nitrogen and oxygen atoms in total. The first kappa shape index (κ1) is 17.8. The fraction of sp³-hybridized carbons (Fsp3) is 0.300. The van der Waals surface area contributed by atoms with Gasteiger partial charge in [0.25, 0.3) is 0 Å². The summed E-state index contributed by atoms with van der Waals surface area (Å²) >= 11 is 0. The first-order chi connectivity index (χ1) is 12.5. The number of ketones is 1. The van der Waals surface area contributed by atoms with E-state index in [1.165, 1.54) is 21.3 Å². The van der Waals surface area contributed by atoms with Crippen LogP contribution in [0.4, 0.5) is 0 Å². The number of ether oxygens (including phenoxy) is 3. The van der Waals surface area contributed by atoms with E-state index in [2.05, 4.69) is 18.8 Å². The Kier molecular flexibility index (Phi) is 4.84. The molecule has 0 unspecified atom stereocenters. The molecule has 136 valence electrons. The summed E-state index contributed by atoms with van der Waals surface area (Å²) in [7, 11) is 4.56. The Labute approximate surface area is 152 Å². The number of carbonyl (C=O) groups is 1. The quantitative estimate of drug-likeness (QED) is 0.632. The third-order valence-electron chi connectivity index (χ3n) is 4.27. The first-order valence-electron chi connectivity index (χ1n) is 8.32. The molecule has 1 aromatic carbocycles. The zero-order chi connectivity index (χ0) is 18.8. The summed E-state index contributed by atoms with van der Waals surface area (Å²) in [5, 5.41) is 0. The van der Waals surface area contributed by atoms with Gasteiger partial charge >= 0.3 is 0 Å². The van der Waals surface area contributed by atoms with Crippen LogP contribution in [0.15, 0.2) is 36.5 Å². The van der Waals surface area contributed by atoms with E-state index in [9.17, 15) is 4.79 Å². The van der Waals surface area contributed by atoms with Crippen LogP contribution >= 0.6 is 0 Å². The molecule has 0 spiro atoms. The average molecular weight is 354 g/mol. The van der Waals surface area contributed by atoms with Gasteiger partial charge in [0.2, 0.25) is 11.5 Å². The van der Waals surface area contributed by atoms with Gasteiger partial charge in [0.1, 0.15) is 11.3 Å². The van der Waals surface area contributed by atoms with E-state index in [1.807, 2.05) is 22.6 Å². The van der Waals surface area contributed by atoms with E-state index in [-0.39, 0.29) is 5.78 Å². The van der Waals surface area contributed by atoms with Gasteiger partial charge in [0, 0.05) is 17.5 Å². The van der Waals surface area contributed by atoms with E-state index < -0.39 is 0 Å². The summed E-state index contributed by atoms with van der Waals surface area (Å²) in [4.78, 5) is 17.5. The van der Waals surface area contributed by atoms with Crippen molar-refractivity contribution in [3.8, 4) is 17.2 Å². The van der Waals surface area contributed by atoms with Crippen molar-refractivity contribution in [1.82, 2.24) is 9.38 Å². The monoisotopic (exact) mass is 354 g/mol. The largest absolute Gasteiger partial charge is 0.493 e. The smallest absolute Gasteiger partial charge is 0.213 e. The maximum absolute atomic E-state index is 13.0. The minimum Gasteiger partial charge on any atom is -0.493 e. The van der Waals surface area contributed by atoms with Gasteiger partial charge in [-0.2, -0.15) is 0 Å². The van der Waals surface area contributed by atoms with E-state index in [4.69, 9.17) is 14.2 Å². The van der Waals surface area contributed by atoms with Gasteiger partial charge < -0.3 is 18.6 Å². The van der Waals surface area contributed by atoms with Gasteiger partial charge in [-0.1, -0.05) is 19.9 Å². The molecule has 3 rings (SSSR count). The van der Waals surface area contributed by atoms with Gasteiger partial charge in [-0.05, 0) is 30.2 Å². The Morgan fingerprint density at radius 2 is 1.69 bits per heavy atom. The van der Waals surface area contributed by atoms with Gasteiger partial charge in [0.05, 0.1) is 21.3 Å². The second-order valence-electron chi connectivity index (χ2n) is 6.20. The molecule has 2 aromatic heterocycles. The molecule has 6 heteroatoms. The Balaban J connectivity index is 2.10. The van der Waals surface area contributed by atoms with E-state index in [0.29, 0.717) is 34.4 Å². The topological polar surface area (TPSA) is 62.1 Å². The van der Waals surface area contributed by atoms with Crippen molar-refractivity contribution in [2.75, 3.05) is 21.3 Å². The SMILES string of the molecule is COc1cc(C(=O)c2cn3c(C(C)C)cccc3n2)cc(OC)c1OC. The standard InChI is InChI=1S/C20H22N2O4/c1-12(2)15-7-6-8-18-21-14(11-22(15)18)19(23)13-9-16(24-3)20(26-5)17(10-13)25-4/h6-12H,1-5H3. The molecule has 0 radical (unpaired) electrons. The third kappa shape index (κ3) is 2.98. The first-order valence-corrected chi connectivity index (χ1v) is 8.32. The van der Waals surface area contributed by atoms with E-state index in [0.717, 1.165) is 11.3 Å². The summed E-state index contributed by atoms with van der Waals surface area (Å²) < 4.78 is 17.9. The highest BCUT2D eigenvalue weighted by Crippen LogP contribution is 2.38. The second kappa shape index (κ2) is 7.07. The van der Waals surface area contributed by atoms with Crippen LogP contribution in [-0.2, 0) is 0 Å². The predicted molar refractivity (Wildman–Crippen MR) is 98.8 cm³/mol. The fourth-order valence-electron chi connectivity index (χ4n) is 2.97. The Hall–Kier alpha value is -3.02. The third-order valence-corrected chi connectivity index (χ3v) is 4.27. The van der Waals surface area contributed by atoms with Crippen molar-refractivity contribution in [3.63, 3.8) is 0 Å². The minimum absolute atomic E-state index is 0.206. The predicted octanol–water partition coefficient (Wildman–Crippen LogP) is 3.71. The second-order valence-corrected chi connectivity index (χ2v) is 6.20. The summed E-state index contributed by atoms with van der Waals surface area (Å²) in [6.07, 6.45) is 1.77. The molecule has 26 heavy (non-hydrogen) atoms. The lowest BCUT2D eigenvalue weighted by Gasteiger charge is -2.13. The number of carbonyl (C=O) groups excluding carboxylic acids is 1. The average Bonchev–Trinajstić information content (AvgIpc) is 3.09. The Morgan fingerprint density at radius 1 is 1.04 bits per heavy atom. The van der Waals surface area contributed by atoms with Crippen molar-refractivity contribution < 1.29 is 19.0 Å². The highest BCUT2D eigenvalue weighted by atomic mass is 16.5. The number of rotatable bonds is 6. The number of nitrogens with zero attached hydrogens (tertiary/aromatic N) is 2. The lowest BCUT2D eigenvalue weighted by atomic mass is 10.1. The Bertz CT molecular complexity index is 935. The lowest BCUT2D eigenvalue weighted by molar-refractivity contribution is 0.103. The molecule has 0 aliphatic rings. The molecule has 0 aliphatic carbocycles. The zero-order valence-electron chi connectivity index (χ0n) is 15.6. The summed E-state index contributed by atoms with van der Waals surface area (Å²) in [6, 6.07) is 9.14. The summed E-state index contributed by atoms with van der Waals surface area (Å²) in [5.41, 5.74) is 2.63. The van der Waals surface area contributed by atoms with Crippen LogP contribution in [0.25, 0.3) is 5.65 Å². The number of imidazole rings is 1. The van der Waals surface area contributed by atoms with E-state index in [1.54, 1.807) is 18.3 Å². The van der Waals surface area contributed by atoms with Gasteiger partial charge in [-0.3, -0.25) is 4.79 Å². The molecule has 0 saturated heterocycles. The van der Waals surface area contributed by atoms with Crippen LogP contribution in [0.2, 0.25) is 0 Å². The molecule has 0 aliphatic heterocycles. The van der Waals surface area contributed by atoms with Crippen LogP contribution < -0.4 is 14.2 Å². The van der Waals surface area contributed by atoms with Gasteiger partial charge in [0.15, 0.2) is 11.5 Å². The van der Waals surface area contributed by atoms with Crippen molar-refractivity contribution in [2.45, 2.75) is 19.8 Å². The normalized spacial score (nSPS) is 11.0. The number of fused-ring (bicyclic) bond motifs is 1. The van der Waals surface area contributed by atoms with Crippen LogP contribution in [0.5, 0.6) is 17.2 Å². The number of hydrogen-bond acceptors (Lipinski definition) is 5. The van der Waals surface area contributed by atoms with Crippen LogP contribution in [0.1, 0.15) is 41.5 Å². The van der Waals surface area contributed by atoms with Gasteiger partial charge in [-0.15, -0.1) is 0 Å². The summed E-state index contributed by atoms with van der Waals surface area (Å²) in [6.45, 7) is 4.21. The number of methoxy groups -OCH3 is 3.